The van der Waals surface area contributed by atoms with Crippen molar-refractivity contribution in [3.8, 4) is 0 Å². The highest BCUT2D eigenvalue weighted by Gasteiger charge is 2.23. The molecule has 0 aliphatic heterocycles. The fraction of sp³-hybridized carbons (Fsp3) is 0.300. The molecule has 0 saturated heterocycles. The largest absolute Gasteiger partial charge is 0.339 e. The number of sulfonamides is 1. The summed E-state index contributed by atoms with van der Waals surface area (Å²) in [4.78, 5) is 26.4. The second-order valence-electron chi connectivity index (χ2n) is 6.84. The Bertz CT molecular complexity index is 1000. The number of amides is 2. The smallest absolute Gasteiger partial charge is 0.285 e. The minimum absolute atomic E-state index is 0.0973. The van der Waals surface area contributed by atoms with E-state index in [1.807, 2.05) is 13.8 Å². The molecular weight excluding hydrogens is 410 g/mol. The molecule has 0 fully saturated rings. The number of likely N-dealkylation sites (N-methyl/N-ethyl adjacent to an activating group) is 1. The third kappa shape index (κ3) is 6.06. The van der Waals surface area contributed by atoms with Gasteiger partial charge >= 0.3 is 0 Å². The van der Waals surface area contributed by atoms with Crippen LogP contribution < -0.4 is 5.32 Å². The minimum atomic E-state index is -3.77. The number of thioether (sulfide) groups is 1. The maximum Gasteiger partial charge on any atom is 0.285 e. The molecule has 1 N–H and O–H groups in total. The first kappa shape index (κ1) is 22.9. The number of hydrogen-bond donors (Lipinski definition) is 1. The number of benzene rings is 2. The van der Waals surface area contributed by atoms with Crippen LogP contribution in [-0.2, 0) is 14.8 Å². The van der Waals surface area contributed by atoms with E-state index in [1.54, 1.807) is 50.5 Å². The minimum Gasteiger partial charge on any atom is -0.339 e. The zero-order valence-electron chi connectivity index (χ0n) is 17.1. The number of rotatable bonds is 6. The molecule has 9 heteroatoms. The van der Waals surface area contributed by atoms with Gasteiger partial charge in [-0.3, -0.25) is 9.59 Å². The number of carbonyl (C=O) groups excluding carboxylic acids is 2. The number of anilines is 1. The van der Waals surface area contributed by atoms with E-state index < -0.39 is 15.9 Å². The molecule has 0 aliphatic carbocycles. The Hall–Kier alpha value is -2.36. The van der Waals surface area contributed by atoms with E-state index in [1.165, 1.54) is 18.0 Å². The van der Waals surface area contributed by atoms with Crippen LogP contribution in [0.3, 0.4) is 0 Å². The van der Waals surface area contributed by atoms with E-state index in [0.29, 0.717) is 5.69 Å². The summed E-state index contributed by atoms with van der Waals surface area (Å²) in [6, 6.07) is 11.7. The van der Waals surface area contributed by atoms with Crippen molar-refractivity contribution in [2.45, 2.75) is 23.6 Å². The summed E-state index contributed by atoms with van der Waals surface area (Å²) in [5.74, 6) is -0.454. The molecule has 2 aromatic carbocycles. The van der Waals surface area contributed by atoms with E-state index in [-0.39, 0.29) is 16.7 Å². The van der Waals surface area contributed by atoms with Crippen molar-refractivity contribution >= 4 is 38.6 Å². The Morgan fingerprint density at radius 3 is 2.14 bits per heavy atom. The van der Waals surface area contributed by atoms with E-state index in [2.05, 4.69) is 5.32 Å². The molecule has 2 rings (SSSR count). The van der Waals surface area contributed by atoms with Gasteiger partial charge in [-0.05, 0) is 73.1 Å². The summed E-state index contributed by atoms with van der Waals surface area (Å²) in [5.41, 5.74) is 2.39. The molecular formula is C20H25N3O4S2. The molecule has 0 atom stereocenters. The van der Waals surface area contributed by atoms with Crippen molar-refractivity contribution in [3.63, 3.8) is 0 Å². The van der Waals surface area contributed by atoms with Gasteiger partial charge in [0, 0.05) is 31.7 Å². The van der Waals surface area contributed by atoms with Gasteiger partial charge in [0.15, 0.2) is 0 Å². The Morgan fingerprint density at radius 2 is 1.59 bits per heavy atom. The Balaban J connectivity index is 2.00. The Morgan fingerprint density at radius 1 is 0.966 bits per heavy atom. The summed E-state index contributed by atoms with van der Waals surface area (Å²) < 4.78 is 26.4. The lowest BCUT2D eigenvalue weighted by Crippen LogP contribution is -2.35. The van der Waals surface area contributed by atoms with Crippen molar-refractivity contribution in [1.82, 2.24) is 9.21 Å². The van der Waals surface area contributed by atoms with E-state index in [9.17, 15) is 18.0 Å². The highest BCUT2D eigenvalue weighted by atomic mass is 32.2. The average Bonchev–Trinajstić information content (AvgIpc) is 2.65. The molecule has 0 saturated carbocycles. The van der Waals surface area contributed by atoms with Gasteiger partial charge in [-0.2, -0.15) is 4.31 Å². The molecule has 7 nitrogen and oxygen atoms in total. The molecule has 29 heavy (non-hydrogen) atoms. The molecule has 0 unspecified atom stereocenters. The summed E-state index contributed by atoms with van der Waals surface area (Å²) in [5, 5.41) is 2.57. The van der Waals surface area contributed by atoms with Gasteiger partial charge in [0.1, 0.15) is 0 Å². The Labute approximate surface area is 176 Å². The van der Waals surface area contributed by atoms with Gasteiger partial charge in [-0.1, -0.05) is 6.07 Å². The van der Waals surface area contributed by atoms with Gasteiger partial charge in [-0.15, -0.1) is 0 Å². The van der Waals surface area contributed by atoms with Crippen molar-refractivity contribution in [2.24, 2.45) is 0 Å². The Kier molecular flexibility index (Phi) is 7.45. The molecule has 156 valence electrons. The van der Waals surface area contributed by atoms with Crippen LogP contribution in [0, 0.1) is 13.8 Å². The lowest BCUT2D eigenvalue weighted by atomic mass is 10.1. The number of carbonyl (C=O) groups is 2. The molecule has 0 aromatic heterocycles. The third-order valence-corrected chi connectivity index (χ3v) is 7.11. The van der Waals surface area contributed by atoms with Crippen LogP contribution in [-0.4, -0.2) is 56.5 Å². The van der Waals surface area contributed by atoms with Gasteiger partial charge in [0.05, 0.1) is 11.4 Å². The fourth-order valence-electron chi connectivity index (χ4n) is 2.34. The van der Waals surface area contributed by atoms with Crippen molar-refractivity contribution < 1.29 is 18.0 Å². The first-order chi connectivity index (χ1) is 13.5. The molecule has 0 bridgehead atoms. The van der Waals surface area contributed by atoms with Crippen LogP contribution in [0.4, 0.5) is 10.5 Å². The van der Waals surface area contributed by atoms with Crippen LogP contribution in [0.1, 0.15) is 11.1 Å². The van der Waals surface area contributed by atoms with E-state index >= 15 is 0 Å². The zero-order valence-corrected chi connectivity index (χ0v) is 18.7. The second-order valence-corrected chi connectivity index (χ2v) is 9.91. The number of nitrogens with one attached hydrogen (secondary N) is 1. The molecule has 0 aliphatic rings. The van der Waals surface area contributed by atoms with Gasteiger partial charge in [0.25, 0.3) is 5.24 Å². The van der Waals surface area contributed by atoms with Crippen LogP contribution in [0.15, 0.2) is 52.3 Å². The standard InChI is InChI=1S/C20H25N3O4S2/c1-14-6-11-18(12-15(14)2)29(26,27)23(5)13-19(24)21-16-7-9-17(10-8-16)28-20(25)22(3)4/h6-12H,13H2,1-5H3,(H,21,24). The summed E-state index contributed by atoms with van der Waals surface area (Å²) in [6.07, 6.45) is 0. The third-order valence-electron chi connectivity index (χ3n) is 4.26. The van der Waals surface area contributed by atoms with Crippen LogP contribution in [0.5, 0.6) is 0 Å². The summed E-state index contributed by atoms with van der Waals surface area (Å²) >= 11 is 1.08. The number of nitrogens with zero attached hydrogens (tertiary/aromatic N) is 2. The monoisotopic (exact) mass is 435 g/mol. The maximum atomic E-state index is 12.7. The highest BCUT2D eigenvalue weighted by Crippen LogP contribution is 2.22. The van der Waals surface area contributed by atoms with Crippen molar-refractivity contribution in [2.75, 3.05) is 33.0 Å². The molecule has 0 radical (unpaired) electrons. The molecule has 0 heterocycles. The highest BCUT2D eigenvalue weighted by molar-refractivity contribution is 8.13. The van der Waals surface area contributed by atoms with E-state index in [0.717, 1.165) is 32.1 Å². The number of aryl methyl sites for hydroxylation is 2. The first-order valence-corrected chi connectivity index (χ1v) is 11.1. The van der Waals surface area contributed by atoms with Crippen molar-refractivity contribution in [1.29, 1.82) is 0 Å². The van der Waals surface area contributed by atoms with Crippen LogP contribution >= 0.6 is 11.8 Å². The SMILES string of the molecule is Cc1ccc(S(=O)(=O)N(C)CC(=O)Nc2ccc(SC(=O)N(C)C)cc2)cc1C. The first-order valence-electron chi connectivity index (χ1n) is 8.83. The van der Waals surface area contributed by atoms with E-state index in [4.69, 9.17) is 0 Å². The molecule has 0 spiro atoms. The lowest BCUT2D eigenvalue weighted by Gasteiger charge is -2.17. The lowest BCUT2D eigenvalue weighted by molar-refractivity contribution is -0.116. The number of hydrogen-bond acceptors (Lipinski definition) is 5. The van der Waals surface area contributed by atoms with Crippen LogP contribution in [0.2, 0.25) is 0 Å². The topological polar surface area (TPSA) is 86.8 Å². The maximum absolute atomic E-state index is 12.7. The zero-order chi connectivity index (χ0) is 21.8. The predicted octanol–water partition coefficient (Wildman–Crippen LogP) is 3.34. The second kappa shape index (κ2) is 9.43. The summed E-state index contributed by atoms with van der Waals surface area (Å²) in [6.45, 7) is 3.43. The average molecular weight is 436 g/mol. The summed E-state index contributed by atoms with van der Waals surface area (Å²) in [7, 11) is 0.951. The quantitative estimate of drug-likeness (QED) is 0.704. The van der Waals surface area contributed by atoms with Crippen molar-refractivity contribution in [3.05, 3.63) is 53.6 Å². The normalized spacial score (nSPS) is 11.4. The molecule has 2 aromatic rings. The van der Waals surface area contributed by atoms with Crippen LogP contribution in [0.25, 0.3) is 0 Å². The van der Waals surface area contributed by atoms with Gasteiger partial charge < -0.3 is 10.2 Å². The predicted molar refractivity (Wildman–Crippen MR) is 116 cm³/mol. The van der Waals surface area contributed by atoms with Gasteiger partial charge in [0.2, 0.25) is 15.9 Å². The fourth-order valence-corrected chi connectivity index (χ4v) is 4.21. The van der Waals surface area contributed by atoms with Gasteiger partial charge in [-0.25, -0.2) is 8.42 Å². The molecule has 2 amide bonds.